The predicted octanol–water partition coefficient (Wildman–Crippen LogP) is 1.13. The molecule has 0 aliphatic carbocycles. The molecule has 0 bridgehead atoms. The number of carbonyl (C=O) groups is 1. The minimum atomic E-state index is -0.211. The zero-order valence-electron chi connectivity index (χ0n) is 15.3. The van der Waals surface area contributed by atoms with Crippen LogP contribution in [0.4, 0.5) is 0 Å². The van der Waals surface area contributed by atoms with Gasteiger partial charge in [0.15, 0.2) is 0 Å². The number of ether oxygens (including phenoxy) is 1. The van der Waals surface area contributed by atoms with Crippen LogP contribution in [0.5, 0.6) is 0 Å². The van der Waals surface area contributed by atoms with Crippen molar-refractivity contribution in [3.05, 3.63) is 35.5 Å². The molecule has 0 unspecified atom stereocenters. The number of amides is 1. The molecular weight excluding hydrogens is 334 g/mol. The van der Waals surface area contributed by atoms with Gasteiger partial charge in [-0.25, -0.2) is 0 Å². The Morgan fingerprint density at radius 2 is 2.31 bits per heavy atom. The molecule has 0 aromatic carbocycles. The fraction of sp³-hybridized carbons (Fsp3) is 0.611. The normalized spacial score (nSPS) is 21.8. The van der Waals surface area contributed by atoms with Crippen molar-refractivity contribution in [3.8, 4) is 0 Å². The molecule has 2 aliphatic heterocycles. The summed E-state index contributed by atoms with van der Waals surface area (Å²) in [7, 11) is 1.99. The fourth-order valence-electron chi connectivity index (χ4n) is 4.19. The first-order valence-electron chi connectivity index (χ1n) is 9.10. The highest BCUT2D eigenvalue weighted by Crippen LogP contribution is 2.42. The van der Waals surface area contributed by atoms with Crippen molar-refractivity contribution in [2.75, 3.05) is 26.2 Å². The Bertz CT molecular complexity index is 764. The summed E-state index contributed by atoms with van der Waals surface area (Å²) < 4.78 is 12.9. The first-order chi connectivity index (χ1) is 12.6. The van der Waals surface area contributed by atoms with E-state index in [1.54, 1.807) is 6.07 Å². The van der Waals surface area contributed by atoms with Crippen molar-refractivity contribution < 1.29 is 14.1 Å². The number of nitrogens with one attached hydrogen (secondary N) is 1. The van der Waals surface area contributed by atoms with Crippen LogP contribution in [-0.2, 0) is 18.3 Å². The second-order valence-electron chi connectivity index (χ2n) is 7.37. The van der Waals surface area contributed by atoms with E-state index in [-0.39, 0.29) is 17.3 Å². The van der Waals surface area contributed by atoms with Crippen molar-refractivity contribution in [2.24, 2.45) is 13.0 Å². The lowest BCUT2D eigenvalue weighted by Crippen LogP contribution is -2.64. The van der Waals surface area contributed by atoms with Crippen LogP contribution in [0.15, 0.2) is 22.9 Å². The molecule has 2 aromatic heterocycles. The third-order valence-corrected chi connectivity index (χ3v) is 5.51. The molecule has 1 N–H and O–H groups in total. The molecule has 8 heteroatoms. The fourth-order valence-corrected chi connectivity index (χ4v) is 4.19. The standard InChI is InChI=1S/C18H25N5O3/c1-13-9-15(22(2)21-13)10-23-11-18(12-23)14(5-8-25-18)3-6-19-17(24)16-4-7-20-26-16/h4,7,9,14H,3,5-6,8,10-12H2,1-2H3,(H,19,24)/t14-/m1/s1. The predicted molar refractivity (Wildman–Crippen MR) is 93.5 cm³/mol. The van der Waals surface area contributed by atoms with Gasteiger partial charge in [0.2, 0.25) is 5.76 Å². The molecule has 0 saturated carbocycles. The van der Waals surface area contributed by atoms with Gasteiger partial charge in [0.25, 0.3) is 5.91 Å². The van der Waals surface area contributed by atoms with E-state index < -0.39 is 0 Å². The number of nitrogens with zero attached hydrogens (tertiary/aromatic N) is 4. The van der Waals surface area contributed by atoms with E-state index in [0.29, 0.717) is 12.5 Å². The van der Waals surface area contributed by atoms with Crippen LogP contribution < -0.4 is 5.32 Å². The Morgan fingerprint density at radius 1 is 1.46 bits per heavy atom. The highest BCUT2D eigenvalue weighted by molar-refractivity contribution is 5.91. The van der Waals surface area contributed by atoms with E-state index >= 15 is 0 Å². The Balaban J connectivity index is 1.26. The lowest BCUT2D eigenvalue weighted by atomic mass is 9.79. The van der Waals surface area contributed by atoms with Gasteiger partial charge in [-0.05, 0) is 31.7 Å². The zero-order valence-corrected chi connectivity index (χ0v) is 15.3. The SMILES string of the molecule is Cc1cc(CN2CC3(C2)OCC[C@H]3CCNC(=O)c2ccno2)n(C)n1. The maximum Gasteiger partial charge on any atom is 0.289 e. The first kappa shape index (κ1) is 17.2. The summed E-state index contributed by atoms with van der Waals surface area (Å²) >= 11 is 0. The number of hydrogen-bond donors (Lipinski definition) is 1. The van der Waals surface area contributed by atoms with E-state index in [9.17, 15) is 4.79 Å². The van der Waals surface area contributed by atoms with Gasteiger partial charge in [-0.3, -0.25) is 14.4 Å². The molecule has 8 nitrogen and oxygen atoms in total. The van der Waals surface area contributed by atoms with E-state index in [2.05, 4.69) is 26.5 Å². The Kier molecular flexibility index (Phi) is 4.54. The van der Waals surface area contributed by atoms with Gasteiger partial charge >= 0.3 is 0 Å². The molecule has 0 radical (unpaired) electrons. The van der Waals surface area contributed by atoms with E-state index in [4.69, 9.17) is 9.26 Å². The summed E-state index contributed by atoms with van der Waals surface area (Å²) in [6.07, 6.45) is 3.44. The Hall–Kier alpha value is -2.19. The van der Waals surface area contributed by atoms with Gasteiger partial charge in [0, 0.05) is 45.9 Å². The van der Waals surface area contributed by atoms with Crippen LogP contribution in [0.1, 0.15) is 34.8 Å². The molecule has 1 atom stereocenters. The molecule has 2 aromatic rings. The van der Waals surface area contributed by atoms with Gasteiger partial charge in [0.1, 0.15) is 0 Å². The van der Waals surface area contributed by atoms with E-state index in [1.807, 2.05) is 18.7 Å². The van der Waals surface area contributed by atoms with E-state index in [0.717, 1.165) is 44.8 Å². The van der Waals surface area contributed by atoms with Crippen molar-refractivity contribution in [1.82, 2.24) is 25.2 Å². The van der Waals surface area contributed by atoms with Crippen LogP contribution in [0.25, 0.3) is 0 Å². The van der Waals surface area contributed by atoms with Crippen LogP contribution in [-0.4, -0.2) is 57.6 Å². The molecule has 140 valence electrons. The van der Waals surface area contributed by atoms with Crippen molar-refractivity contribution in [3.63, 3.8) is 0 Å². The third-order valence-electron chi connectivity index (χ3n) is 5.51. The Labute approximate surface area is 152 Å². The van der Waals surface area contributed by atoms with Crippen LogP contribution in [0, 0.1) is 12.8 Å². The minimum Gasteiger partial charge on any atom is -0.372 e. The summed E-state index contributed by atoms with van der Waals surface area (Å²) in [5, 5.41) is 10.9. The van der Waals surface area contributed by atoms with Crippen LogP contribution in [0.3, 0.4) is 0 Å². The summed E-state index contributed by atoms with van der Waals surface area (Å²) in [4.78, 5) is 14.3. The van der Waals surface area contributed by atoms with Crippen molar-refractivity contribution in [1.29, 1.82) is 0 Å². The van der Waals surface area contributed by atoms with Crippen LogP contribution >= 0.6 is 0 Å². The second kappa shape index (κ2) is 6.85. The minimum absolute atomic E-state index is 0.0510. The second-order valence-corrected chi connectivity index (χ2v) is 7.37. The van der Waals surface area contributed by atoms with Gasteiger partial charge < -0.3 is 14.6 Å². The quantitative estimate of drug-likeness (QED) is 0.832. The van der Waals surface area contributed by atoms with Gasteiger partial charge in [0.05, 0.1) is 23.2 Å². The lowest BCUT2D eigenvalue weighted by Gasteiger charge is -2.50. The number of hydrogen-bond acceptors (Lipinski definition) is 6. The van der Waals surface area contributed by atoms with Crippen molar-refractivity contribution in [2.45, 2.75) is 31.9 Å². The van der Waals surface area contributed by atoms with Gasteiger partial charge in [-0.1, -0.05) is 5.16 Å². The molecule has 2 aliphatic rings. The monoisotopic (exact) mass is 359 g/mol. The number of aromatic nitrogens is 3. The molecule has 4 heterocycles. The number of carbonyl (C=O) groups excluding carboxylic acids is 1. The van der Waals surface area contributed by atoms with Crippen molar-refractivity contribution >= 4 is 5.91 Å². The molecular formula is C18H25N5O3. The molecule has 1 amide bonds. The smallest absolute Gasteiger partial charge is 0.289 e. The number of aryl methyl sites for hydroxylation is 2. The largest absolute Gasteiger partial charge is 0.372 e. The topological polar surface area (TPSA) is 85.4 Å². The summed E-state index contributed by atoms with van der Waals surface area (Å²) in [6.45, 7) is 6.23. The van der Waals surface area contributed by atoms with Crippen LogP contribution in [0.2, 0.25) is 0 Å². The third kappa shape index (κ3) is 3.26. The molecule has 26 heavy (non-hydrogen) atoms. The highest BCUT2D eigenvalue weighted by atomic mass is 16.5. The van der Waals surface area contributed by atoms with Gasteiger partial charge in [-0.2, -0.15) is 5.10 Å². The number of rotatable bonds is 6. The first-order valence-corrected chi connectivity index (χ1v) is 9.10. The average molecular weight is 359 g/mol. The average Bonchev–Trinajstić information content (AvgIpc) is 3.28. The zero-order chi connectivity index (χ0) is 18.1. The van der Waals surface area contributed by atoms with E-state index in [1.165, 1.54) is 11.9 Å². The molecule has 4 rings (SSSR count). The highest BCUT2D eigenvalue weighted by Gasteiger charge is 2.52. The molecule has 2 saturated heterocycles. The maximum absolute atomic E-state index is 11.9. The Morgan fingerprint density at radius 3 is 3.00 bits per heavy atom. The maximum atomic E-state index is 11.9. The summed E-state index contributed by atoms with van der Waals surface area (Å²) in [6, 6.07) is 3.70. The molecule has 2 fully saturated rings. The number of likely N-dealkylation sites (tertiary alicyclic amines) is 1. The summed E-state index contributed by atoms with van der Waals surface area (Å²) in [5.74, 6) is 0.517. The molecule has 1 spiro atoms. The summed E-state index contributed by atoms with van der Waals surface area (Å²) in [5.41, 5.74) is 2.23. The van der Waals surface area contributed by atoms with Gasteiger partial charge in [-0.15, -0.1) is 0 Å². The lowest BCUT2D eigenvalue weighted by molar-refractivity contribution is -0.137.